The number of aliphatic carboxylic acids is 1. The minimum atomic E-state index is -0.793. The lowest BCUT2D eigenvalue weighted by molar-refractivity contribution is -0.136. The van der Waals surface area contributed by atoms with Crippen molar-refractivity contribution in [3.8, 4) is 0 Å². The maximum atomic E-state index is 10.6. The van der Waals surface area contributed by atoms with Gasteiger partial charge in [0.2, 0.25) is 4.96 Å². The molecular weight excluding hydrogens is 276 g/mol. The highest BCUT2D eigenvalue weighted by atomic mass is 32.1. The van der Waals surface area contributed by atoms with Gasteiger partial charge in [0.25, 0.3) is 0 Å². The molecule has 0 aliphatic heterocycles. The molecule has 108 valence electrons. The molecule has 7 heteroatoms. The van der Waals surface area contributed by atoms with E-state index in [0.717, 1.165) is 22.2 Å². The normalized spacial score (nSPS) is 16.8. The summed E-state index contributed by atoms with van der Waals surface area (Å²) in [7, 11) is 0. The van der Waals surface area contributed by atoms with Crippen molar-refractivity contribution in [3.63, 3.8) is 0 Å². The van der Waals surface area contributed by atoms with Crippen LogP contribution >= 0.6 is 11.3 Å². The molecule has 1 aliphatic carbocycles. The van der Waals surface area contributed by atoms with E-state index in [9.17, 15) is 4.79 Å². The molecule has 2 aromatic rings. The summed E-state index contributed by atoms with van der Waals surface area (Å²) in [6, 6.07) is 0. The number of carboxylic acid groups (broad SMARTS) is 1. The number of carboxylic acids is 1. The second kappa shape index (κ2) is 5.87. The molecule has 0 aromatic carbocycles. The van der Waals surface area contributed by atoms with E-state index in [4.69, 9.17) is 5.11 Å². The molecule has 0 saturated heterocycles. The lowest BCUT2D eigenvalue weighted by Gasteiger charge is -2.20. The van der Waals surface area contributed by atoms with E-state index in [1.807, 2.05) is 0 Å². The van der Waals surface area contributed by atoms with Crippen LogP contribution in [0.2, 0.25) is 0 Å². The Labute approximate surface area is 120 Å². The molecule has 0 unspecified atom stereocenters. The Morgan fingerprint density at radius 3 is 2.85 bits per heavy atom. The molecule has 0 atom stereocenters. The summed E-state index contributed by atoms with van der Waals surface area (Å²) in [5.41, 5.74) is 0. The van der Waals surface area contributed by atoms with Crippen LogP contribution in [0.15, 0.2) is 0 Å². The Hall–Kier alpha value is -1.50. The van der Waals surface area contributed by atoms with E-state index >= 15 is 0 Å². The van der Waals surface area contributed by atoms with Gasteiger partial charge in [-0.2, -0.15) is 9.61 Å². The van der Waals surface area contributed by atoms with Crippen LogP contribution in [0.1, 0.15) is 49.4 Å². The number of aryl methyl sites for hydroxylation is 1. The first-order chi connectivity index (χ1) is 9.72. The van der Waals surface area contributed by atoms with Gasteiger partial charge in [0.15, 0.2) is 5.82 Å². The van der Waals surface area contributed by atoms with Crippen molar-refractivity contribution in [1.29, 1.82) is 0 Å². The van der Waals surface area contributed by atoms with Crippen LogP contribution in [-0.4, -0.2) is 30.9 Å². The van der Waals surface area contributed by atoms with Gasteiger partial charge >= 0.3 is 5.97 Å². The monoisotopic (exact) mass is 294 g/mol. The SMILES string of the molecule is O=C(O)CCc1nn2c(CC3CCCCC3)nnc2s1. The largest absolute Gasteiger partial charge is 0.481 e. The predicted molar refractivity (Wildman–Crippen MR) is 74.9 cm³/mol. The summed E-state index contributed by atoms with van der Waals surface area (Å²) in [4.78, 5) is 11.4. The maximum Gasteiger partial charge on any atom is 0.303 e. The fourth-order valence-corrected chi connectivity index (χ4v) is 3.64. The molecule has 6 nitrogen and oxygen atoms in total. The van der Waals surface area contributed by atoms with E-state index in [-0.39, 0.29) is 6.42 Å². The van der Waals surface area contributed by atoms with Gasteiger partial charge in [0, 0.05) is 12.8 Å². The minimum Gasteiger partial charge on any atom is -0.481 e. The highest BCUT2D eigenvalue weighted by molar-refractivity contribution is 7.16. The molecule has 1 aliphatic rings. The zero-order valence-corrected chi connectivity index (χ0v) is 12.1. The van der Waals surface area contributed by atoms with E-state index in [1.54, 1.807) is 4.52 Å². The first kappa shape index (κ1) is 13.5. The van der Waals surface area contributed by atoms with Crippen molar-refractivity contribution < 1.29 is 9.90 Å². The summed E-state index contributed by atoms with van der Waals surface area (Å²) in [6.07, 6.45) is 8.02. The lowest BCUT2D eigenvalue weighted by atomic mass is 9.87. The number of hydrogen-bond acceptors (Lipinski definition) is 5. The first-order valence-electron chi connectivity index (χ1n) is 7.14. The summed E-state index contributed by atoms with van der Waals surface area (Å²) < 4.78 is 1.80. The van der Waals surface area contributed by atoms with Crippen LogP contribution in [-0.2, 0) is 17.6 Å². The van der Waals surface area contributed by atoms with Crippen LogP contribution in [0.3, 0.4) is 0 Å². The third kappa shape index (κ3) is 2.98. The van der Waals surface area contributed by atoms with Gasteiger partial charge in [0.05, 0.1) is 6.42 Å². The van der Waals surface area contributed by atoms with Gasteiger partial charge in [-0.05, 0) is 5.92 Å². The molecule has 0 spiro atoms. The molecule has 2 heterocycles. The average molecular weight is 294 g/mol. The van der Waals surface area contributed by atoms with Gasteiger partial charge in [-0.1, -0.05) is 43.4 Å². The third-order valence-corrected chi connectivity index (χ3v) is 4.80. The fraction of sp³-hybridized carbons (Fsp3) is 0.692. The summed E-state index contributed by atoms with van der Waals surface area (Å²) in [6.45, 7) is 0. The second-order valence-electron chi connectivity index (χ2n) is 5.41. The van der Waals surface area contributed by atoms with E-state index in [2.05, 4.69) is 15.3 Å². The van der Waals surface area contributed by atoms with Crippen molar-refractivity contribution in [2.75, 3.05) is 0 Å². The number of rotatable bonds is 5. The van der Waals surface area contributed by atoms with Gasteiger partial charge in [-0.15, -0.1) is 10.2 Å². The van der Waals surface area contributed by atoms with Crippen molar-refractivity contribution >= 4 is 22.3 Å². The molecule has 1 fully saturated rings. The van der Waals surface area contributed by atoms with E-state index in [1.165, 1.54) is 43.4 Å². The molecule has 1 N–H and O–H groups in total. The number of aromatic nitrogens is 4. The first-order valence-corrected chi connectivity index (χ1v) is 7.96. The zero-order valence-electron chi connectivity index (χ0n) is 11.3. The molecule has 0 radical (unpaired) electrons. The quantitative estimate of drug-likeness (QED) is 0.915. The molecule has 2 aromatic heterocycles. The summed E-state index contributed by atoms with van der Waals surface area (Å²) in [5, 5.41) is 22.4. The summed E-state index contributed by atoms with van der Waals surface area (Å²) >= 11 is 1.44. The molecule has 0 amide bonds. The van der Waals surface area contributed by atoms with Crippen LogP contribution in [0.4, 0.5) is 0 Å². The number of nitrogens with zero attached hydrogens (tertiary/aromatic N) is 4. The molecule has 1 saturated carbocycles. The maximum absolute atomic E-state index is 10.6. The average Bonchev–Trinajstić information content (AvgIpc) is 2.99. The highest BCUT2D eigenvalue weighted by Crippen LogP contribution is 2.27. The van der Waals surface area contributed by atoms with Crippen LogP contribution in [0.5, 0.6) is 0 Å². The number of hydrogen-bond donors (Lipinski definition) is 1. The Bertz CT molecular complexity index is 601. The Balaban J connectivity index is 1.72. The van der Waals surface area contributed by atoms with Crippen LogP contribution in [0.25, 0.3) is 4.96 Å². The topological polar surface area (TPSA) is 80.4 Å². The lowest BCUT2D eigenvalue weighted by Crippen LogP contribution is -2.11. The van der Waals surface area contributed by atoms with Gasteiger partial charge in [-0.25, -0.2) is 0 Å². The van der Waals surface area contributed by atoms with Gasteiger partial charge in [0.1, 0.15) is 5.01 Å². The molecule has 0 bridgehead atoms. The number of fused-ring (bicyclic) bond motifs is 1. The number of carbonyl (C=O) groups is 1. The van der Waals surface area contributed by atoms with E-state index < -0.39 is 5.97 Å². The van der Waals surface area contributed by atoms with Crippen molar-refractivity contribution in [1.82, 2.24) is 19.8 Å². The zero-order chi connectivity index (χ0) is 13.9. The Morgan fingerprint density at radius 2 is 2.10 bits per heavy atom. The van der Waals surface area contributed by atoms with Gasteiger partial charge < -0.3 is 5.11 Å². The Kier molecular flexibility index (Phi) is 3.95. The fourth-order valence-electron chi connectivity index (χ4n) is 2.79. The standard InChI is InChI=1S/C13H18N4O2S/c18-12(19)7-6-11-16-17-10(14-15-13(17)20-11)8-9-4-2-1-3-5-9/h9H,1-8H2,(H,18,19). The summed E-state index contributed by atoms with van der Waals surface area (Å²) in [5.74, 6) is 0.823. The third-order valence-electron chi connectivity index (χ3n) is 3.85. The second-order valence-corrected chi connectivity index (χ2v) is 6.45. The predicted octanol–water partition coefficient (Wildman–Crippen LogP) is 2.33. The molecule has 20 heavy (non-hydrogen) atoms. The van der Waals surface area contributed by atoms with Crippen molar-refractivity contribution in [2.45, 2.75) is 51.4 Å². The van der Waals surface area contributed by atoms with Gasteiger partial charge in [-0.3, -0.25) is 4.79 Å². The van der Waals surface area contributed by atoms with Crippen molar-refractivity contribution in [3.05, 3.63) is 10.8 Å². The van der Waals surface area contributed by atoms with Crippen LogP contribution in [0, 0.1) is 5.92 Å². The molecule has 3 rings (SSSR count). The molecular formula is C13H18N4O2S. The smallest absolute Gasteiger partial charge is 0.303 e. The minimum absolute atomic E-state index is 0.113. The van der Waals surface area contributed by atoms with Crippen molar-refractivity contribution in [2.24, 2.45) is 5.92 Å². The Morgan fingerprint density at radius 1 is 1.30 bits per heavy atom. The van der Waals surface area contributed by atoms with E-state index in [0.29, 0.717) is 12.3 Å². The van der Waals surface area contributed by atoms with Crippen LogP contribution < -0.4 is 0 Å². The highest BCUT2D eigenvalue weighted by Gasteiger charge is 2.19.